The normalized spacial score (nSPS) is 18.2. The van der Waals surface area contributed by atoms with Gasteiger partial charge in [0.2, 0.25) is 0 Å². The first-order chi connectivity index (χ1) is 12.1. The van der Waals surface area contributed by atoms with Crippen molar-refractivity contribution in [1.29, 1.82) is 0 Å². The van der Waals surface area contributed by atoms with E-state index >= 15 is 0 Å². The maximum atomic E-state index is 13.0. The Morgan fingerprint density at radius 2 is 2.20 bits per heavy atom. The van der Waals surface area contributed by atoms with Gasteiger partial charge in [0.15, 0.2) is 5.82 Å². The Hall–Kier alpha value is -2.28. The second kappa shape index (κ2) is 8.20. The summed E-state index contributed by atoms with van der Waals surface area (Å²) in [6, 6.07) is 6.75. The SMILES string of the molecule is CNC(=O)c1nc(CN2CCC[C@H](CCc3ccc(F)cc3)C2)no1. The number of benzene rings is 1. The van der Waals surface area contributed by atoms with Gasteiger partial charge in [-0.15, -0.1) is 0 Å². The summed E-state index contributed by atoms with van der Waals surface area (Å²) in [6.45, 7) is 2.56. The molecule has 1 saturated heterocycles. The molecule has 0 saturated carbocycles. The molecule has 1 atom stereocenters. The summed E-state index contributed by atoms with van der Waals surface area (Å²) >= 11 is 0. The van der Waals surface area contributed by atoms with Gasteiger partial charge >= 0.3 is 11.8 Å². The average molecular weight is 346 g/mol. The van der Waals surface area contributed by atoms with Crippen LogP contribution in [0.4, 0.5) is 4.39 Å². The van der Waals surface area contributed by atoms with Crippen molar-refractivity contribution in [2.45, 2.75) is 32.2 Å². The van der Waals surface area contributed by atoms with E-state index in [0.29, 0.717) is 18.3 Å². The highest BCUT2D eigenvalue weighted by atomic mass is 19.1. The first-order valence-electron chi connectivity index (χ1n) is 8.65. The number of halogens is 1. The van der Waals surface area contributed by atoms with Crippen LogP contribution in [-0.4, -0.2) is 41.1 Å². The van der Waals surface area contributed by atoms with Gasteiger partial charge in [0.05, 0.1) is 6.54 Å². The lowest BCUT2D eigenvalue weighted by Gasteiger charge is -2.31. The number of likely N-dealkylation sites (tertiary alicyclic amines) is 1. The molecule has 0 aliphatic carbocycles. The van der Waals surface area contributed by atoms with Gasteiger partial charge in [-0.25, -0.2) is 4.39 Å². The highest BCUT2D eigenvalue weighted by Gasteiger charge is 2.22. The van der Waals surface area contributed by atoms with Gasteiger partial charge in [0.1, 0.15) is 5.82 Å². The molecule has 3 rings (SSSR count). The number of piperidine rings is 1. The summed E-state index contributed by atoms with van der Waals surface area (Å²) in [4.78, 5) is 17.9. The molecular formula is C18H23FN4O2. The maximum Gasteiger partial charge on any atom is 0.315 e. The number of carbonyl (C=O) groups is 1. The van der Waals surface area contributed by atoms with Gasteiger partial charge < -0.3 is 9.84 Å². The largest absolute Gasteiger partial charge is 0.351 e. The Morgan fingerprint density at radius 3 is 2.96 bits per heavy atom. The lowest BCUT2D eigenvalue weighted by atomic mass is 9.91. The number of aryl methyl sites for hydroxylation is 1. The third-order valence-electron chi connectivity index (χ3n) is 4.61. The number of amides is 1. The number of rotatable bonds is 6. The highest BCUT2D eigenvalue weighted by molar-refractivity contribution is 5.89. The van der Waals surface area contributed by atoms with Gasteiger partial charge in [-0.3, -0.25) is 9.69 Å². The van der Waals surface area contributed by atoms with Crippen LogP contribution in [0.1, 0.15) is 41.3 Å². The molecular weight excluding hydrogens is 323 g/mol. The first-order valence-corrected chi connectivity index (χ1v) is 8.65. The van der Waals surface area contributed by atoms with Crippen molar-refractivity contribution in [1.82, 2.24) is 20.4 Å². The Bertz CT molecular complexity index is 701. The lowest BCUT2D eigenvalue weighted by Crippen LogP contribution is -2.35. The summed E-state index contributed by atoms with van der Waals surface area (Å²) < 4.78 is 17.9. The minimum atomic E-state index is -0.366. The predicted molar refractivity (Wildman–Crippen MR) is 90.4 cm³/mol. The van der Waals surface area contributed by atoms with E-state index in [9.17, 15) is 9.18 Å². The van der Waals surface area contributed by atoms with Crippen LogP contribution in [0.5, 0.6) is 0 Å². The molecule has 7 heteroatoms. The zero-order chi connectivity index (χ0) is 17.6. The highest BCUT2D eigenvalue weighted by Crippen LogP contribution is 2.22. The number of nitrogens with one attached hydrogen (secondary N) is 1. The Kier molecular flexibility index (Phi) is 5.75. The lowest BCUT2D eigenvalue weighted by molar-refractivity contribution is 0.0919. The number of carbonyl (C=O) groups excluding carboxylic acids is 1. The summed E-state index contributed by atoms with van der Waals surface area (Å²) in [7, 11) is 1.53. The zero-order valence-electron chi connectivity index (χ0n) is 14.4. The number of aromatic nitrogens is 2. The fourth-order valence-corrected chi connectivity index (χ4v) is 3.27. The second-order valence-electron chi connectivity index (χ2n) is 6.50. The smallest absolute Gasteiger partial charge is 0.315 e. The Balaban J connectivity index is 1.50. The van der Waals surface area contributed by atoms with Crippen molar-refractivity contribution in [3.8, 4) is 0 Å². The minimum absolute atomic E-state index is 0.00219. The van der Waals surface area contributed by atoms with Crippen LogP contribution in [0.2, 0.25) is 0 Å². The molecule has 0 unspecified atom stereocenters. The van der Waals surface area contributed by atoms with E-state index < -0.39 is 0 Å². The van der Waals surface area contributed by atoms with E-state index in [0.717, 1.165) is 32.4 Å². The molecule has 0 spiro atoms. The van der Waals surface area contributed by atoms with E-state index in [-0.39, 0.29) is 17.6 Å². The summed E-state index contributed by atoms with van der Waals surface area (Å²) in [6.07, 6.45) is 4.38. The third-order valence-corrected chi connectivity index (χ3v) is 4.61. The average Bonchev–Trinajstić information content (AvgIpc) is 3.09. The van der Waals surface area contributed by atoms with Crippen LogP contribution in [0, 0.1) is 11.7 Å². The van der Waals surface area contributed by atoms with E-state index in [2.05, 4.69) is 20.4 Å². The number of hydrogen-bond acceptors (Lipinski definition) is 5. The summed E-state index contributed by atoms with van der Waals surface area (Å²) in [5.41, 5.74) is 1.17. The molecule has 2 heterocycles. The molecule has 1 amide bonds. The Labute approximate surface area is 146 Å². The first kappa shape index (κ1) is 17.5. The van der Waals surface area contributed by atoms with Crippen LogP contribution in [0.3, 0.4) is 0 Å². The van der Waals surface area contributed by atoms with Gasteiger partial charge in [0.25, 0.3) is 0 Å². The molecule has 1 N–H and O–H groups in total. The molecule has 1 aromatic carbocycles. The quantitative estimate of drug-likeness (QED) is 0.870. The zero-order valence-corrected chi connectivity index (χ0v) is 14.4. The van der Waals surface area contributed by atoms with Crippen LogP contribution in [0.25, 0.3) is 0 Å². The topological polar surface area (TPSA) is 71.3 Å². The van der Waals surface area contributed by atoms with Crippen LogP contribution >= 0.6 is 0 Å². The second-order valence-corrected chi connectivity index (χ2v) is 6.50. The number of hydrogen-bond donors (Lipinski definition) is 1. The number of nitrogens with zero attached hydrogens (tertiary/aromatic N) is 3. The Morgan fingerprint density at radius 1 is 1.40 bits per heavy atom. The van der Waals surface area contributed by atoms with E-state index in [4.69, 9.17) is 4.52 Å². The van der Waals surface area contributed by atoms with Crippen molar-refractivity contribution < 1.29 is 13.7 Å². The fourth-order valence-electron chi connectivity index (χ4n) is 3.27. The maximum absolute atomic E-state index is 13.0. The van der Waals surface area contributed by atoms with E-state index in [1.54, 1.807) is 0 Å². The van der Waals surface area contributed by atoms with Gasteiger partial charge in [-0.05, 0) is 55.8 Å². The van der Waals surface area contributed by atoms with E-state index in [1.165, 1.54) is 31.2 Å². The molecule has 0 radical (unpaired) electrons. The van der Waals surface area contributed by atoms with Crippen LogP contribution < -0.4 is 5.32 Å². The molecule has 1 aliphatic heterocycles. The third kappa shape index (κ3) is 4.85. The van der Waals surface area contributed by atoms with Crippen molar-refractivity contribution in [2.24, 2.45) is 5.92 Å². The summed E-state index contributed by atoms with van der Waals surface area (Å²) in [5, 5.41) is 6.35. The van der Waals surface area contributed by atoms with Crippen molar-refractivity contribution in [3.05, 3.63) is 47.4 Å². The predicted octanol–water partition coefficient (Wildman–Crippen LogP) is 2.41. The molecule has 6 nitrogen and oxygen atoms in total. The van der Waals surface area contributed by atoms with Crippen molar-refractivity contribution in [2.75, 3.05) is 20.1 Å². The van der Waals surface area contributed by atoms with Gasteiger partial charge in [0, 0.05) is 13.6 Å². The molecule has 1 fully saturated rings. The monoisotopic (exact) mass is 346 g/mol. The van der Waals surface area contributed by atoms with Gasteiger partial charge in [-0.2, -0.15) is 4.98 Å². The van der Waals surface area contributed by atoms with Gasteiger partial charge in [-0.1, -0.05) is 17.3 Å². The molecule has 134 valence electrons. The molecule has 25 heavy (non-hydrogen) atoms. The van der Waals surface area contributed by atoms with E-state index in [1.807, 2.05) is 12.1 Å². The van der Waals surface area contributed by atoms with Crippen LogP contribution in [-0.2, 0) is 13.0 Å². The van der Waals surface area contributed by atoms with Crippen LogP contribution in [0.15, 0.2) is 28.8 Å². The molecule has 2 aromatic rings. The summed E-state index contributed by atoms with van der Waals surface area (Å²) in [5.74, 6) is 0.586. The fraction of sp³-hybridized carbons (Fsp3) is 0.500. The molecule has 1 aliphatic rings. The molecule has 1 aromatic heterocycles. The standard InChI is InChI=1S/C18H23FN4O2/c1-20-17(24)18-21-16(22-25-18)12-23-10-2-3-14(11-23)5-4-13-6-8-15(19)9-7-13/h6-9,14H,2-5,10-12H2,1H3,(H,20,24)/t14-/m1/s1. The molecule has 0 bridgehead atoms. The van der Waals surface area contributed by atoms with Crippen molar-refractivity contribution >= 4 is 5.91 Å². The minimum Gasteiger partial charge on any atom is -0.351 e. The van der Waals surface area contributed by atoms with Crippen molar-refractivity contribution in [3.63, 3.8) is 0 Å².